The Hall–Kier alpha value is -1.19. The fourth-order valence-electron chi connectivity index (χ4n) is 0.915. The highest BCUT2D eigenvalue weighted by Crippen LogP contribution is 2.17. The van der Waals surface area contributed by atoms with Gasteiger partial charge < -0.3 is 9.94 Å². The smallest absolute Gasteiger partial charge is 0.236 e. The van der Waals surface area contributed by atoms with Crippen LogP contribution < -0.4 is 4.72 Å². The number of hydrogen-bond donors (Lipinski definition) is 2. The van der Waals surface area contributed by atoms with Crippen molar-refractivity contribution < 1.29 is 18.4 Å². The average molecular weight is 279 g/mol. The summed E-state index contributed by atoms with van der Waals surface area (Å²) in [4.78, 5) is 3.97. The molecular formula is C8H13N3O4S2. The lowest BCUT2D eigenvalue weighted by Crippen LogP contribution is -2.19. The summed E-state index contributed by atoms with van der Waals surface area (Å²) in [6, 6.07) is 0. The van der Waals surface area contributed by atoms with Gasteiger partial charge in [0.05, 0.1) is 12.4 Å². The summed E-state index contributed by atoms with van der Waals surface area (Å²) >= 11 is 1.12. The van der Waals surface area contributed by atoms with Crippen LogP contribution in [0.4, 0.5) is 5.13 Å². The van der Waals surface area contributed by atoms with Gasteiger partial charge in [0.15, 0.2) is 5.13 Å². The maximum Gasteiger partial charge on any atom is 0.236 e. The monoisotopic (exact) mass is 279 g/mol. The molecule has 7 nitrogen and oxygen atoms in total. The molecule has 0 aliphatic carbocycles. The number of hydrogen-bond acceptors (Lipinski definition) is 7. The first-order chi connectivity index (χ1) is 7.98. The zero-order chi connectivity index (χ0) is 12.9. The van der Waals surface area contributed by atoms with E-state index in [1.807, 2.05) is 0 Å². The second kappa shape index (κ2) is 5.94. The number of anilines is 1. The largest absolute Gasteiger partial charge is 0.411 e. The van der Waals surface area contributed by atoms with Gasteiger partial charge in [-0.15, -0.1) is 11.3 Å². The molecule has 96 valence electrons. The van der Waals surface area contributed by atoms with Crippen LogP contribution in [0.2, 0.25) is 0 Å². The van der Waals surface area contributed by atoms with E-state index in [4.69, 9.17) is 5.21 Å². The predicted octanol–water partition coefficient (Wildman–Crippen LogP) is 0.729. The lowest BCUT2D eigenvalue weighted by Gasteiger charge is -2.03. The number of thiazole rings is 1. The van der Waals surface area contributed by atoms with E-state index in [1.165, 1.54) is 7.11 Å². The molecule has 0 aliphatic heterocycles. The molecular weight excluding hydrogens is 266 g/mol. The fraction of sp³-hybridized carbons (Fsp3) is 0.500. The van der Waals surface area contributed by atoms with E-state index >= 15 is 0 Å². The maximum absolute atomic E-state index is 11.5. The van der Waals surface area contributed by atoms with Crippen molar-refractivity contribution in [2.24, 2.45) is 5.16 Å². The molecule has 0 unspecified atom stereocenters. The number of aromatic nitrogens is 1. The van der Waals surface area contributed by atoms with E-state index < -0.39 is 10.0 Å². The van der Waals surface area contributed by atoms with Crippen molar-refractivity contribution >= 4 is 32.2 Å². The Bertz CT molecular complexity index is 495. The first-order valence-corrected chi connectivity index (χ1v) is 7.15. The number of ether oxygens (including phenoxy) is 1. The van der Waals surface area contributed by atoms with Crippen molar-refractivity contribution in [2.45, 2.75) is 6.92 Å². The van der Waals surface area contributed by atoms with Crippen LogP contribution in [-0.4, -0.2) is 43.8 Å². The summed E-state index contributed by atoms with van der Waals surface area (Å²) in [5.41, 5.74) is 0.755. The third-order valence-corrected chi connectivity index (χ3v) is 3.92. The number of sulfonamides is 1. The van der Waals surface area contributed by atoms with Crippen LogP contribution in [0.1, 0.15) is 12.6 Å². The van der Waals surface area contributed by atoms with Crippen LogP contribution in [0.3, 0.4) is 0 Å². The van der Waals surface area contributed by atoms with Gasteiger partial charge in [-0.1, -0.05) is 5.16 Å². The van der Waals surface area contributed by atoms with E-state index in [9.17, 15) is 8.42 Å². The molecule has 0 bridgehead atoms. The Labute approximate surface area is 103 Å². The number of nitrogens with one attached hydrogen (secondary N) is 1. The fourth-order valence-corrected chi connectivity index (χ4v) is 2.89. The maximum atomic E-state index is 11.5. The van der Waals surface area contributed by atoms with Crippen molar-refractivity contribution in [3.05, 3.63) is 11.1 Å². The van der Waals surface area contributed by atoms with Gasteiger partial charge in [-0.25, -0.2) is 13.4 Å². The summed E-state index contributed by atoms with van der Waals surface area (Å²) < 4.78 is 30.0. The quantitative estimate of drug-likeness (QED) is 0.454. The second-order valence-corrected chi connectivity index (χ2v) is 5.84. The highest BCUT2D eigenvalue weighted by molar-refractivity contribution is 7.92. The molecule has 0 aliphatic rings. The Morgan fingerprint density at radius 1 is 1.71 bits per heavy atom. The lowest BCUT2D eigenvalue weighted by molar-refractivity contribution is 0.217. The van der Waals surface area contributed by atoms with E-state index in [0.717, 1.165) is 11.3 Å². The van der Waals surface area contributed by atoms with Crippen molar-refractivity contribution in [3.8, 4) is 0 Å². The minimum absolute atomic E-state index is 0.116. The van der Waals surface area contributed by atoms with Crippen molar-refractivity contribution in [1.29, 1.82) is 0 Å². The molecule has 1 aromatic heterocycles. The molecule has 0 spiro atoms. The SMILES string of the molecule is COCCS(=O)(=O)Nc1nc(/C(C)=N/O)cs1. The Kier molecular flexibility index (Phi) is 4.85. The number of nitrogens with zero attached hydrogens (tertiary/aromatic N) is 2. The zero-order valence-corrected chi connectivity index (χ0v) is 11.0. The molecule has 0 fully saturated rings. The second-order valence-electron chi connectivity index (χ2n) is 3.14. The number of oxime groups is 1. The van der Waals surface area contributed by atoms with Gasteiger partial charge in [-0.05, 0) is 6.92 Å². The van der Waals surface area contributed by atoms with Crippen LogP contribution in [0.5, 0.6) is 0 Å². The topological polar surface area (TPSA) is 101 Å². The summed E-state index contributed by atoms with van der Waals surface area (Å²) in [5.74, 6) is -0.133. The first-order valence-electron chi connectivity index (χ1n) is 4.62. The minimum atomic E-state index is -3.45. The average Bonchev–Trinajstić information content (AvgIpc) is 2.73. The van der Waals surface area contributed by atoms with Crippen LogP contribution >= 0.6 is 11.3 Å². The molecule has 0 amide bonds. The number of methoxy groups -OCH3 is 1. The normalized spacial score (nSPS) is 12.7. The zero-order valence-electron chi connectivity index (χ0n) is 9.37. The van der Waals surface area contributed by atoms with Crippen molar-refractivity contribution in [2.75, 3.05) is 24.2 Å². The molecule has 2 N–H and O–H groups in total. The van der Waals surface area contributed by atoms with Crippen molar-refractivity contribution in [1.82, 2.24) is 4.98 Å². The standard InChI is InChI=1S/C8H13N3O4S2/c1-6(10-12)7-5-16-8(9-7)11-17(13,14)4-3-15-2/h5,12H,3-4H2,1-2H3,(H,9,11)/b10-6+. The molecule has 9 heteroatoms. The Morgan fingerprint density at radius 2 is 2.41 bits per heavy atom. The Morgan fingerprint density at radius 3 is 3.00 bits per heavy atom. The molecule has 0 saturated heterocycles. The van der Waals surface area contributed by atoms with Gasteiger partial charge in [0.1, 0.15) is 11.4 Å². The first kappa shape index (κ1) is 13.9. The summed E-state index contributed by atoms with van der Waals surface area (Å²) in [6.07, 6.45) is 0. The van der Waals surface area contributed by atoms with Crippen LogP contribution in [0.15, 0.2) is 10.5 Å². The van der Waals surface area contributed by atoms with Crippen molar-refractivity contribution in [3.63, 3.8) is 0 Å². The highest BCUT2D eigenvalue weighted by Gasteiger charge is 2.13. The molecule has 1 heterocycles. The van der Waals surface area contributed by atoms with Crippen LogP contribution in [0.25, 0.3) is 0 Å². The molecule has 1 aromatic rings. The van der Waals surface area contributed by atoms with E-state index in [0.29, 0.717) is 11.4 Å². The molecule has 0 saturated carbocycles. The van der Waals surface area contributed by atoms with E-state index in [-0.39, 0.29) is 17.5 Å². The van der Waals surface area contributed by atoms with Gasteiger partial charge in [0.2, 0.25) is 10.0 Å². The summed E-state index contributed by atoms with van der Waals surface area (Å²) in [7, 11) is -2.02. The van der Waals surface area contributed by atoms with Crippen LogP contribution in [-0.2, 0) is 14.8 Å². The molecule has 0 radical (unpaired) electrons. The molecule has 0 aromatic carbocycles. The third kappa shape index (κ3) is 4.29. The van der Waals surface area contributed by atoms with Gasteiger partial charge in [-0.2, -0.15) is 0 Å². The molecule has 0 atom stereocenters. The predicted molar refractivity (Wildman–Crippen MR) is 65.4 cm³/mol. The van der Waals surface area contributed by atoms with Gasteiger partial charge in [0, 0.05) is 12.5 Å². The highest BCUT2D eigenvalue weighted by atomic mass is 32.2. The molecule has 17 heavy (non-hydrogen) atoms. The van der Waals surface area contributed by atoms with Crippen LogP contribution in [0, 0.1) is 0 Å². The van der Waals surface area contributed by atoms with E-state index in [1.54, 1.807) is 12.3 Å². The van der Waals surface area contributed by atoms with Gasteiger partial charge >= 0.3 is 0 Å². The lowest BCUT2D eigenvalue weighted by atomic mass is 10.3. The number of rotatable bonds is 6. The Balaban J connectivity index is 2.73. The van der Waals surface area contributed by atoms with E-state index in [2.05, 4.69) is 19.6 Å². The summed E-state index contributed by atoms with van der Waals surface area (Å²) in [6.45, 7) is 1.68. The molecule has 1 rings (SSSR count). The summed E-state index contributed by atoms with van der Waals surface area (Å²) in [5, 5.41) is 13.4. The minimum Gasteiger partial charge on any atom is -0.411 e. The van der Waals surface area contributed by atoms with Gasteiger partial charge in [-0.3, -0.25) is 4.72 Å². The van der Waals surface area contributed by atoms with Gasteiger partial charge in [0.25, 0.3) is 0 Å². The third-order valence-electron chi connectivity index (χ3n) is 1.82.